The first kappa shape index (κ1) is 16.1. The molecule has 0 aliphatic heterocycles. The Hall–Kier alpha value is -1.91. The van der Waals surface area contributed by atoms with Gasteiger partial charge in [0.2, 0.25) is 0 Å². The molecule has 7 nitrogen and oxygen atoms in total. The van der Waals surface area contributed by atoms with E-state index in [0.29, 0.717) is 17.9 Å². The van der Waals surface area contributed by atoms with Crippen molar-refractivity contribution in [1.82, 2.24) is 15.1 Å². The summed E-state index contributed by atoms with van der Waals surface area (Å²) in [6, 6.07) is -0.0839. The number of aryl methyl sites for hydroxylation is 1. The van der Waals surface area contributed by atoms with Gasteiger partial charge in [0.15, 0.2) is 0 Å². The highest BCUT2D eigenvalue weighted by atomic mass is 16.6. The summed E-state index contributed by atoms with van der Waals surface area (Å²) in [5.74, 6) is 2.58. The van der Waals surface area contributed by atoms with Crippen LogP contribution in [0.2, 0.25) is 0 Å². The summed E-state index contributed by atoms with van der Waals surface area (Å²) in [7, 11) is 0. The smallest absolute Gasteiger partial charge is 0.312 e. The highest BCUT2D eigenvalue weighted by molar-refractivity contribution is 5.39. The molecule has 0 saturated heterocycles. The van der Waals surface area contributed by atoms with Crippen molar-refractivity contribution in [1.29, 1.82) is 0 Å². The van der Waals surface area contributed by atoms with Gasteiger partial charge in [-0.1, -0.05) is 12.8 Å². The van der Waals surface area contributed by atoms with Gasteiger partial charge in [-0.15, -0.1) is 6.42 Å². The lowest BCUT2D eigenvalue weighted by atomic mass is 10.2. The Kier molecular flexibility index (Phi) is 5.67. The number of rotatable bonds is 7. The number of terminal acetylenes is 1. The van der Waals surface area contributed by atoms with Crippen molar-refractivity contribution in [3.8, 4) is 12.3 Å². The molecule has 0 amide bonds. The third-order valence-corrected chi connectivity index (χ3v) is 3.12. The van der Waals surface area contributed by atoms with Crippen LogP contribution >= 0.6 is 0 Å². The highest BCUT2D eigenvalue weighted by Crippen LogP contribution is 2.21. The molecule has 1 aromatic heterocycles. The zero-order chi connectivity index (χ0) is 15.3. The summed E-state index contributed by atoms with van der Waals surface area (Å²) in [4.78, 5) is 10.4. The van der Waals surface area contributed by atoms with Gasteiger partial charge in [-0.05, 0) is 20.3 Å². The minimum absolute atomic E-state index is 0.000203. The molecule has 0 bridgehead atoms. The summed E-state index contributed by atoms with van der Waals surface area (Å²) < 4.78 is 1.45. The van der Waals surface area contributed by atoms with Gasteiger partial charge in [-0.3, -0.25) is 14.8 Å². The van der Waals surface area contributed by atoms with E-state index in [1.807, 2.05) is 6.92 Å². The number of hydrogen-bond donors (Lipinski definition) is 2. The molecule has 1 heterocycles. The van der Waals surface area contributed by atoms with Crippen LogP contribution in [0.1, 0.15) is 24.7 Å². The third-order valence-electron chi connectivity index (χ3n) is 3.12. The van der Waals surface area contributed by atoms with Crippen LogP contribution in [-0.4, -0.2) is 38.5 Å². The topological polar surface area (TPSA) is 93.2 Å². The van der Waals surface area contributed by atoms with Crippen molar-refractivity contribution in [2.75, 3.05) is 6.54 Å². The van der Waals surface area contributed by atoms with E-state index in [1.54, 1.807) is 13.8 Å². The van der Waals surface area contributed by atoms with E-state index in [4.69, 9.17) is 6.42 Å². The Morgan fingerprint density at radius 3 is 2.70 bits per heavy atom. The lowest BCUT2D eigenvalue weighted by Crippen LogP contribution is -2.36. The lowest BCUT2D eigenvalue weighted by molar-refractivity contribution is -0.386. The summed E-state index contributed by atoms with van der Waals surface area (Å²) in [5.41, 5.74) is 0.790. The highest BCUT2D eigenvalue weighted by Gasteiger charge is 2.22. The molecule has 0 aliphatic rings. The SMILES string of the molecule is C#CC(CC)NCC(O)Cn1nc(C)c([N+](=O)[O-])c1C. The van der Waals surface area contributed by atoms with Gasteiger partial charge >= 0.3 is 5.69 Å². The Labute approximate surface area is 118 Å². The number of nitro groups is 1. The second-order valence-electron chi connectivity index (χ2n) is 4.65. The fourth-order valence-corrected chi connectivity index (χ4v) is 1.99. The molecule has 0 radical (unpaired) electrons. The van der Waals surface area contributed by atoms with Crippen LogP contribution in [0.5, 0.6) is 0 Å². The number of aromatic nitrogens is 2. The standard InChI is InChI=1S/C13H20N4O3/c1-5-11(6-2)14-7-12(18)8-16-10(4)13(17(19)20)9(3)15-16/h1,11-12,14,18H,6-8H2,2-4H3. The predicted molar refractivity (Wildman–Crippen MR) is 75.3 cm³/mol. The minimum atomic E-state index is -0.713. The quantitative estimate of drug-likeness (QED) is 0.437. The monoisotopic (exact) mass is 280 g/mol. The van der Waals surface area contributed by atoms with E-state index in [-0.39, 0.29) is 18.3 Å². The second-order valence-corrected chi connectivity index (χ2v) is 4.65. The van der Waals surface area contributed by atoms with Gasteiger partial charge < -0.3 is 10.4 Å². The molecule has 1 aromatic rings. The fraction of sp³-hybridized carbons (Fsp3) is 0.615. The molecule has 2 N–H and O–H groups in total. The van der Waals surface area contributed by atoms with Crippen LogP contribution < -0.4 is 5.32 Å². The Bertz CT molecular complexity index is 518. The molecule has 0 aromatic carbocycles. The summed E-state index contributed by atoms with van der Waals surface area (Å²) in [6.45, 7) is 5.66. The first-order valence-corrected chi connectivity index (χ1v) is 6.46. The van der Waals surface area contributed by atoms with E-state index in [2.05, 4.69) is 16.3 Å². The largest absolute Gasteiger partial charge is 0.390 e. The van der Waals surface area contributed by atoms with Crippen molar-refractivity contribution < 1.29 is 10.0 Å². The maximum atomic E-state index is 10.9. The van der Waals surface area contributed by atoms with Gasteiger partial charge in [-0.25, -0.2) is 0 Å². The van der Waals surface area contributed by atoms with E-state index in [9.17, 15) is 15.2 Å². The van der Waals surface area contributed by atoms with Gasteiger partial charge in [0, 0.05) is 6.54 Å². The molecule has 0 saturated carbocycles. The third kappa shape index (κ3) is 3.79. The Morgan fingerprint density at radius 2 is 2.25 bits per heavy atom. The maximum absolute atomic E-state index is 10.9. The van der Waals surface area contributed by atoms with Crippen molar-refractivity contribution in [2.45, 2.75) is 45.9 Å². The van der Waals surface area contributed by atoms with Crippen molar-refractivity contribution in [2.24, 2.45) is 0 Å². The van der Waals surface area contributed by atoms with Crippen LogP contribution in [-0.2, 0) is 6.54 Å². The molecule has 0 fully saturated rings. The predicted octanol–water partition coefficient (Wildman–Crippen LogP) is 0.770. The van der Waals surface area contributed by atoms with Crippen LogP contribution in [0, 0.1) is 36.3 Å². The molecule has 7 heteroatoms. The van der Waals surface area contributed by atoms with Gasteiger partial charge in [0.25, 0.3) is 0 Å². The Morgan fingerprint density at radius 1 is 1.60 bits per heavy atom. The number of hydrogen-bond acceptors (Lipinski definition) is 5. The van der Waals surface area contributed by atoms with Crippen molar-refractivity contribution in [3.05, 3.63) is 21.5 Å². The average molecular weight is 280 g/mol. The normalized spacial score (nSPS) is 13.8. The molecule has 1 rings (SSSR count). The van der Waals surface area contributed by atoms with Crippen LogP contribution in [0.3, 0.4) is 0 Å². The van der Waals surface area contributed by atoms with Gasteiger partial charge in [0.1, 0.15) is 11.4 Å². The van der Waals surface area contributed by atoms with E-state index < -0.39 is 11.0 Å². The maximum Gasteiger partial charge on any atom is 0.312 e. The van der Waals surface area contributed by atoms with E-state index >= 15 is 0 Å². The molecule has 0 aliphatic carbocycles. The second kappa shape index (κ2) is 7.03. The van der Waals surface area contributed by atoms with Gasteiger partial charge in [-0.2, -0.15) is 5.10 Å². The molecule has 110 valence electrons. The lowest BCUT2D eigenvalue weighted by Gasteiger charge is -2.15. The fourth-order valence-electron chi connectivity index (χ4n) is 1.99. The molecule has 0 spiro atoms. The van der Waals surface area contributed by atoms with Crippen molar-refractivity contribution >= 4 is 5.69 Å². The first-order chi connectivity index (χ1) is 9.40. The molecular weight excluding hydrogens is 260 g/mol. The summed E-state index contributed by atoms with van der Waals surface area (Å²) in [6.07, 6.45) is 5.38. The summed E-state index contributed by atoms with van der Waals surface area (Å²) >= 11 is 0. The van der Waals surface area contributed by atoms with E-state index in [1.165, 1.54) is 4.68 Å². The number of aliphatic hydroxyl groups excluding tert-OH is 1. The van der Waals surface area contributed by atoms with Crippen molar-refractivity contribution in [3.63, 3.8) is 0 Å². The minimum Gasteiger partial charge on any atom is -0.390 e. The molecule has 20 heavy (non-hydrogen) atoms. The molecular formula is C13H20N4O3. The number of nitrogens with zero attached hydrogens (tertiary/aromatic N) is 3. The van der Waals surface area contributed by atoms with Crippen LogP contribution in [0.25, 0.3) is 0 Å². The first-order valence-electron chi connectivity index (χ1n) is 6.46. The summed E-state index contributed by atoms with van der Waals surface area (Å²) in [5, 5.41) is 28.0. The zero-order valence-electron chi connectivity index (χ0n) is 12.0. The zero-order valence-corrected chi connectivity index (χ0v) is 12.0. The average Bonchev–Trinajstić information content (AvgIpc) is 2.65. The number of aliphatic hydroxyl groups is 1. The molecule has 2 unspecified atom stereocenters. The van der Waals surface area contributed by atoms with Crippen LogP contribution in [0.4, 0.5) is 5.69 Å². The van der Waals surface area contributed by atoms with E-state index in [0.717, 1.165) is 6.42 Å². The number of nitrogens with one attached hydrogen (secondary N) is 1. The van der Waals surface area contributed by atoms with Crippen LogP contribution in [0.15, 0.2) is 0 Å². The molecule has 2 atom stereocenters. The van der Waals surface area contributed by atoms with Gasteiger partial charge in [0.05, 0.1) is 23.6 Å². The Balaban J connectivity index is 2.68.